The number of rotatable bonds is 7. The van der Waals surface area contributed by atoms with Crippen molar-refractivity contribution in [3.63, 3.8) is 0 Å². The summed E-state index contributed by atoms with van der Waals surface area (Å²) in [5.41, 5.74) is 0. The van der Waals surface area contributed by atoms with Crippen LogP contribution in [-0.4, -0.2) is 18.2 Å². The Balaban J connectivity index is 1.69. The standard InChI is InChI=1S/C20H35FO2/c1-3-5-6-7-16-12-13-18(14-19(16)21)23-20(22)17-10-8-15(4-2)9-11-17/h15-19H,3-14H2,1-2H3. The van der Waals surface area contributed by atoms with Crippen molar-refractivity contribution in [2.45, 2.75) is 103 Å². The Morgan fingerprint density at radius 1 is 1.04 bits per heavy atom. The highest BCUT2D eigenvalue weighted by atomic mass is 19.1. The summed E-state index contributed by atoms with van der Waals surface area (Å²) in [5, 5.41) is 0. The molecule has 0 heterocycles. The predicted molar refractivity (Wildman–Crippen MR) is 92.0 cm³/mol. The maximum atomic E-state index is 14.3. The van der Waals surface area contributed by atoms with Gasteiger partial charge in [-0.05, 0) is 56.8 Å². The first kappa shape index (κ1) is 18.7. The summed E-state index contributed by atoms with van der Waals surface area (Å²) in [7, 11) is 0. The average Bonchev–Trinajstić information content (AvgIpc) is 2.57. The van der Waals surface area contributed by atoms with Crippen LogP contribution in [0.3, 0.4) is 0 Å². The highest BCUT2D eigenvalue weighted by Gasteiger charge is 2.34. The Hall–Kier alpha value is -0.600. The van der Waals surface area contributed by atoms with E-state index < -0.39 is 6.17 Å². The van der Waals surface area contributed by atoms with Gasteiger partial charge in [-0.1, -0.05) is 39.5 Å². The summed E-state index contributed by atoms with van der Waals surface area (Å²) < 4.78 is 20.0. The summed E-state index contributed by atoms with van der Waals surface area (Å²) in [6, 6.07) is 0. The molecule has 2 fully saturated rings. The molecule has 0 aromatic rings. The molecule has 3 atom stereocenters. The number of hydrogen-bond acceptors (Lipinski definition) is 2. The maximum absolute atomic E-state index is 14.3. The molecule has 0 radical (unpaired) electrons. The van der Waals surface area contributed by atoms with Crippen molar-refractivity contribution in [3.05, 3.63) is 0 Å². The molecule has 0 amide bonds. The molecule has 2 aliphatic carbocycles. The summed E-state index contributed by atoms with van der Waals surface area (Å²) in [6.45, 7) is 4.40. The monoisotopic (exact) mass is 326 g/mol. The maximum Gasteiger partial charge on any atom is 0.309 e. The molecule has 0 saturated heterocycles. The molecule has 0 spiro atoms. The molecule has 134 valence electrons. The van der Waals surface area contributed by atoms with Crippen LogP contribution in [0.4, 0.5) is 4.39 Å². The van der Waals surface area contributed by atoms with Crippen LogP contribution in [0.15, 0.2) is 0 Å². The quantitative estimate of drug-likeness (QED) is 0.434. The van der Waals surface area contributed by atoms with E-state index >= 15 is 0 Å². The molecule has 0 aromatic heterocycles. The van der Waals surface area contributed by atoms with Gasteiger partial charge in [-0.2, -0.15) is 0 Å². The Morgan fingerprint density at radius 3 is 2.39 bits per heavy atom. The van der Waals surface area contributed by atoms with E-state index in [-0.39, 0.29) is 23.9 Å². The Morgan fingerprint density at radius 2 is 1.78 bits per heavy atom. The van der Waals surface area contributed by atoms with Gasteiger partial charge in [-0.15, -0.1) is 0 Å². The summed E-state index contributed by atoms with van der Waals surface area (Å²) in [4.78, 5) is 12.3. The minimum absolute atomic E-state index is 0.0545. The lowest BCUT2D eigenvalue weighted by Crippen LogP contribution is -2.34. The van der Waals surface area contributed by atoms with Gasteiger partial charge in [-0.25, -0.2) is 4.39 Å². The molecule has 0 bridgehead atoms. The van der Waals surface area contributed by atoms with E-state index in [9.17, 15) is 9.18 Å². The Kier molecular flexibility index (Phi) is 7.85. The Bertz CT molecular complexity index is 350. The third kappa shape index (κ3) is 5.76. The first-order valence-electron chi connectivity index (χ1n) is 9.98. The zero-order valence-corrected chi connectivity index (χ0v) is 15.1. The van der Waals surface area contributed by atoms with E-state index in [1.54, 1.807) is 0 Å². The summed E-state index contributed by atoms with van der Waals surface area (Å²) in [5.74, 6) is 0.989. The number of esters is 1. The molecule has 3 unspecified atom stereocenters. The molecule has 2 nitrogen and oxygen atoms in total. The molecular formula is C20H35FO2. The predicted octanol–water partition coefficient (Wildman–Crippen LogP) is 5.83. The first-order chi connectivity index (χ1) is 11.1. The normalized spacial score (nSPS) is 35.0. The van der Waals surface area contributed by atoms with E-state index in [0.717, 1.165) is 57.3 Å². The van der Waals surface area contributed by atoms with Crippen molar-refractivity contribution in [3.8, 4) is 0 Å². The molecule has 0 aliphatic heterocycles. The topological polar surface area (TPSA) is 26.3 Å². The fourth-order valence-corrected chi connectivity index (χ4v) is 4.30. The van der Waals surface area contributed by atoms with Crippen LogP contribution in [-0.2, 0) is 9.53 Å². The zero-order chi connectivity index (χ0) is 16.7. The van der Waals surface area contributed by atoms with Crippen molar-refractivity contribution >= 4 is 5.97 Å². The second-order valence-corrected chi connectivity index (χ2v) is 7.77. The van der Waals surface area contributed by atoms with Crippen molar-refractivity contribution in [2.75, 3.05) is 0 Å². The molecule has 2 aliphatic rings. The van der Waals surface area contributed by atoms with E-state index in [2.05, 4.69) is 13.8 Å². The number of carbonyl (C=O) groups is 1. The van der Waals surface area contributed by atoms with Gasteiger partial charge in [0, 0.05) is 6.42 Å². The van der Waals surface area contributed by atoms with Crippen LogP contribution in [0.5, 0.6) is 0 Å². The van der Waals surface area contributed by atoms with Crippen LogP contribution < -0.4 is 0 Å². The minimum Gasteiger partial charge on any atom is -0.462 e. The lowest BCUT2D eigenvalue weighted by Gasteiger charge is -2.33. The largest absolute Gasteiger partial charge is 0.462 e. The third-order valence-corrected chi connectivity index (χ3v) is 6.08. The van der Waals surface area contributed by atoms with Gasteiger partial charge in [0.1, 0.15) is 12.3 Å². The van der Waals surface area contributed by atoms with Gasteiger partial charge in [0.05, 0.1) is 5.92 Å². The second kappa shape index (κ2) is 9.64. The lowest BCUT2D eigenvalue weighted by molar-refractivity contribution is -0.158. The van der Waals surface area contributed by atoms with Crippen LogP contribution in [0.25, 0.3) is 0 Å². The van der Waals surface area contributed by atoms with E-state index in [1.807, 2.05) is 0 Å². The van der Waals surface area contributed by atoms with E-state index in [1.165, 1.54) is 19.3 Å². The van der Waals surface area contributed by atoms with Gasteiger partial charge in [0.25, 0.3) is 0 Å². The number of unbranched alkanes of at least 4 members (excludes halogenated alkanes) is 2. The molecule has 2 saturated carbocycles. The van der Waals surface area contributed by atoms with Crippen molar-refractivity contribution in [1.29, 1.82) is 0 Å². The van der Waals surface area contributed by atoms with Gasteiger partial charge in [0.15, 0.2) is 0 Å². The second-order valence-electron chi connectivity index (χ2n) is 7.77. The van der Waals surface area contributed by atoms with Crippen LogP contribution in [0.1, 0.15) is 90.9 Å². The SMILES string of the molecule is CCCCCC1CCC(OC(=O)C2CCC(CC)CC2)CC1F. The van der Waals surface area contributed by atoms with Gasteiger partial charge >= 0.3 is 5.97 Å². The van der Waals surface area contributed by atoms with Crippen LogP contribution in [0.2, 0.25) is 0 Å². The molecule has 23 heavy (non-hydrogen) atoms. The summed E-state index contributed by atoms with van der Waals surface area (Å²) >= 11 is 0. The highest BCUT2D eigenvalue weighted by molar-refractivity contribution is 5.72. The van der Waals surface area contributed by atoms with Gasteiger partial charge in [0.2, 0.25) is 0 Å². The highest BCUT2D eigenvalue weighted by Crippen LogP contribution is 2.35. The van der Waals surface area contributed by atoms with E-state index in [4.69, 9.17) is 4.74 Å². The number of hydrogen-bond donors (Lipinski definition) is 0. The van der Waals surface area contributed by atoms with Crippen molar-refractivity contribution < 1.29 is 13.9 Å². The number of ether oxygens (including phenoxy) is 1. The smallest absolute Gasteiger partial charge is 0.309 e. The van der Waals surface area contributed by atoms with E-state index in [0.29, 0.717) is 6.42 Å². The Labute approximate surface area is 141 Å². The third-order valence-electron chi connectivity index (χ3n) is 6.08. The molecule has 0 N–H and O–H groups in total. The molecule has 3 heteroatoms. The number of carbonyl (C=O) groups excluding carboxylic acids is 1. The lowest BCUT2D eigenvalue weighted by atomic mass is 9.80. The molecular weight excluding hydrogens is 291 g/mol. The number of alkyl halides is 1. The first-order valence-corrected chi connectivity index (χ1v) is 9.98. The molecule has 2 rings (SSSR count). The van der Waals surface area contributed by atoms with Gasteiger partial charge < -0.3 is 4.74 Å². The molecule has 0 aromatic carbocycles. The summed E-state index contributed by atoms with van der Waals surface area (Å²) in [6.07, 6.45) is 11.1. The van der Waals surface area contributed by atoms with Crippen molar-refractivity contribution in [2.24, 2.45) is 17.8 Å². The minimum atomic E-state index is -0.783. The fourth-order valence-electron chi connectivity index (χ4n) is 4.30. The van der Waals surface area contributed by atoms with Crippen LogP contribution >= 0.6 is 0 Å². The van der Waals surface area contributed by atoms with Crippen LogP contribution in [0, 0.1) is 17.8 Å². The number of halogens is 1. The van der Waals surface area contributed by atoms with Gasteiger partial charge in [-0.3, -0.25) is 4.79 Å². The average molecular weight is 326 g/mol. The van der Waals surface area contributed by atoms with Crippen molar-refractivity contribution in [1.82, 2.24) is 0 Å². The fraction of sp³-hybridized carbons (Fsp3) is 0.950. The zero-order valence-electron chi connectivity index (χ0n) is 15.1.